The van der Waals surface area contributed by atoms with E-state index in [0.717, 1.165) is 12.8 Å². The van der Waals surface area contributed by atoms with E-state index in [2.05, 4.69) is 92.2 Å². The van der Waals surface area contributed by atoms with Crippen LogP contribution in [0.25, 0.3) is 0 Å². The van der Waals surface area contributed by atoms with Gasteiger partial charge in [0, 0.05) is 10.2 Å². The lowest BCUT2D eigenvalue weighted by Gasteiger charge is -2.32. The molecule has 0 N–H and O–H groups in total. The van der Waals surface area contributed by atoms with Crippen LogP contribution in [0.5, 0.6) is 0 Å². The molecular formula is C20H25Br. The van der Waals surface area contributed by atoms with Crippen LogP contribution in [0.4, 0.5) is 0 Å². The molecule has 0 nitrogen and oxygen atoms in total. The molecule has 1 heteroatoms. The number of halogens is 1. The minimum absolute atomic E-state index is 0.0556. The van der Waals surface area contributed by atoms with Crippen molar-refractivity contribution in [2.24, 2.45) is 0 Å². The largest absolute Gasteiger partial charge is 0.0829 e. The molecule has 0 aliphatic carbocycles. The van der Waals surface area contributed by atoms with Crippen LogP contribution >= 0.6 is 15.9 Å². The van der Waals surface area contributed by atoms with Gasteiger partial charge in [-0.25, -0.2) is 0 Å². The Bertz CT molecular complexity index is 584. The highest BCUT2D eigenvalue weighted by Crippen LogP contribution is 2.43. The molecule has 0 aliphatic heterocycles. The highest BCUT2D eigenvalue weighted by molar-refractivity contribution is 9.09. The standard InChI is InChI=1S/C20H25Br/c1-5-15-12-13-17(14-16(15)6-2)19(21)20(3,4)18-10-8-7-9-11-18/h7-14,19H,5-6H2,1-4H3. The van der Waals surface area contributed by atoms with Crippen molar-refractivity contribution in [3.8, 4) is 0 Å². The monoisotopic (exact) mass is 344 g/mol. The number of benzene rings is 2. The van der Waals surface area contributed by atoms with Crippen molar-refractivity contribution in [3.63, 3.8) is 0 Å². The van der Waals surface area contributed by atoms with Crippen LogP contribution in [-0.4, -0.2) is 0 Å². The summed E-state index contributed by atoms with van der Waals surface area (Å²) in [5.41, 5.74) is 5.74. The van der Waals surface area contributed by atoms with Gasteiger partial charge in [0.25, 0.3) is 0 Å². The maximum absolute atomic E-state index is 3.95. The van der Waals surface area contributed by atoms with Gasteiger partial charge in [-0.2, -0.15) is 0 Å². The first-order valence-electron chi connectivity index (χ1n) is 7.82. The van der Waals surface area contributed by atoms with Gasteiger partial charge in [-0.05, 0) is 35.1 Å². The molecule has 0 radical (unpaired) electrons. The lowest BCUT2D eigenvalue weighted by atomic mass is 9.78. The highest BCUT2D eigenvalue weighted by Gasteiger charge is 2.30. The molecule has 0 bridgehead atoms. The Hall–Kier alpha value is -1.08. The number of aryl methyl sites for hydroxylation is 2. The summed E-state index contributed by atoms with van der Waals surface area (Å²) in [6, 6.07) is 17.7. The maximum Gasteiger partial charge on any atom is 0.0486 e. The van der Waals surface area contributed by atoms with Crippen molar-refractivity contribution in [2.75, 3.05) is 0 Å². The smallest absolute Gasteiger partial charge is 0.0486 e. The summed E-state index contributed by atoms with van der Waals surface area (Å²) in [5.74, 6) is 0. The Morgan fingerprint density at radius 1 is 0.905 bits per heavy atom. The average Bonchev–Trinajstić information content (AvgIpc) is 2.54. The maximum atomic E-state index is 3.95. The molecule has 1 unspecified atom stereocenters. The Kier molecular flexibility index (Phi) is 5.27. The molecule has 2 rings (SSSR count). The molecule has 0 heterocycles. The minimum Gasteiger partial charge on any atom is -0.0829 e. The van der Waals surface area contributed by atoms with Gasteiger partial charge in [-0.1, -0.05) is 92.2 Å². The Balaban J connectivity index is 2.37. The normalized spacial score (nSPS) is 13.2. The average molecular weight is 345 g/mol. The summed E-state index contributed by atoms with van der Waals surface area (Å²) in [4.78, 5) is 0.309. The zero-order valence-electron chi connectivity index (χ0n) is 13.5. The third-order valence-corrected chi connectivity index (χ3v) is 6.11. The van der Waals surface area contributed by atoms with E-state index in [1.54, 1.807) is 0 Å². The number of hydrogen-bond acceptors (Lipinski definition) is 0. The van der Waals surface area contributed by atoms with Gasteiger partial charge < -0.3 is 0 Å². The fraction of sp³-hybridized carbons (Fsp3) is 0.400. The molecule has 2 aromatic rings. The fourth-order valence-corrected chi connectivity index (χ4v) is 3.46. The van der Waals surface area contributed by atoms with Gasteiger partial charge >= 0.3 is 0 Å². The molecule has 0 spiro atoms. The minimum atomic E-state index is 0.0556. The number of alkyl halides is 1. The summed E-state index contributed by atoms with van der Waals surface area (Å²) < 4.78 is 0. The predicted octanol–water partition coefficient (Wildman–Crippen LogP) is 6.23. The van der Waals surface area contributed by atoms with E-state index in [-0.39, 0.29) is 5.41 Å². The van der Waals surface area contributed by atoms with Gasteiger partial charge in [-0.3, -0.25) is 0 Å². The summed E-state index contributed by atoms with van der Waals surface area (Å²) in [6.45, 7) is 9.08. The molecular weight excluding hydrogens is 320 g/mol. The van der Waals surface area contributed by atoms with Crippen molar-refractivity contribution in [1.82, 2.24) is 0 Å². The Labute approximate surface area is 137 Å². The second-order valence-electron chi connectivity index (χ2n) is 6.19. The van der Waals surface area contributed by atoms with Gasteiger partial charge in [0.1, 0.15) is 0 Å². The van der Waals surface area contributed by atoms with Crippen molar-refractivity contribution in [1.29, 1.82) is 0 Å². The molecule has 1 atom stereocenters. The summed E-state index contributed by atoms with van der Waals surface area (Å²) in [5, 5.41) is 0. The predicted molar refractivity (Wildman–Crippen MR) is 96.3 cm³/mol. The van der Waals surface area contributed by atoms with Crippen molar-refractivity contribution < 1.29 is 0 Å². The van der Waals surface area contributed by atoms with Crippen LogP contribution < -0.4 is 0 Å². The summed E-state index contributed by atoms with van der Waals surface area (Å²) in [6.07, 6.45) is 2.21. The summed E-state index contributed by atoms with van der Waals surface area (Å²) in [7, 11) is 0. The van der Waals surface area contributed by atoms with Crippen LogP contribution in [0, 0.1) is 0 Å². The third kappa shape index (κ3) is 3.40. The molecule has 0 amide bonds. The van der Waals surface area contributed by atoms with E-state index in [4.69, 9.17) is 0 Å². The van der Waals surface area contributed by atoms with Crippen LogP contribution in [0.15, 0.2) is 48.5 Å². The zero-order chi connectivity index (χ0) is 15.5. The quantitative estimate of drug-likeness (QED) is 0.564. The third-order valence-electron chi connectivity index (χ3n) is 4.44. The second-order valence-corrected chi connectivity index (χ2v) is 7.10. The first-order chi connectivity index (χ1) is 10.0. The topological polar surface area (TPSA) is 0 Å². The molecule has 21 heavy (non-hydrogen) atoms. The highest BCUT2D eigenvalue weighted by atomic mass is 79.9. The van der Waals surface area contributed by atoms with Crippen LogP contribution in [0.1, 0.15) is 54.8 Å². The molecule has 0 saturated carbocycles. The lowest BCUT2D eigenvalue weighted by molar-refractivity contribution is 0.517. The van der Waals surface area contributed by atoms with Crippen molar-refractivity contribution in [2.45, 2.75) is 50.8 Å². The van der Waals surface area contributed by atoms with E-state index in [1.165, 1.54) is 22.3 Å². The van der Waals surface area contributed by atoms with E-state index in [9.17, 15) is 0 Å². The van der Waals surface area contributed by atoms with Gasteiger partial charge in [-0.15, -0.1) is 0 Å². The van der Waals surface area contributed by atoms with Crippen LogP contribution in [0.2, 0.25) is 0 Å². The molecule has 112 valence electrons. The molecule has 2 aromatic carbocycles. The van der Waals surface area contributed by atoms with E-state index >= 15 is 0 Å². The zero-order valence-corrected chi connectivity index (χ0v) is 15.1. The summed E-state index contributed by atoms with van der Waals surface area (Å²) >= 11 is 3.95. The molecule has 0 fully saturated rings. The van der Waals surface area contributed by atoms with Crippen molar-refractivity contribution >= 4 is 15.9 Å². The lowest BCUT2D eigenvalue weighted by Crippen LogP contribution is -2.23. The SMILES string of the molecule is CCc1ccc(C(Br)C(C)(C)c2ccccc2)cc1CC. The van der Waals surface area contributed by atoms with Crippen LogP contribution in [-0.2, 0) is 18.3 Å². The van der Waals surface area contributed by atoms with Gasteiger partial charge in [0.15, 0.2) is 0 Å². The van der Waals surface area contributed by atoms with Gasteiger partial charge in [0.2, 0.25) is 0 Å². The first kappa shape index (κ1) is 16.3. The fourth-order valence-electron chi connectivity index (χ4n) is 2.91. The Morgan fingerprint density at radius 3 is 2.10 bits per heavy atom. The molecule has 0 aliphatic rings. The van der Waals surface area contributed by atoms with Gasteiger partial charge in [0.05, 0.1) is 0 Å². The van der Waals surface area contributed by atoms with E-state index < -0.39 is 0 Å². The second kappa shape index (κ2) is 6.79. The van der Waals surface area contributed by atoms with Crippen molar-refractivity contribution in [3.05, 3.63) is 70.8 Å². The van der Waals surface area contributed by atoms with E-state index in [1.807, 2.05) is 0 Å². The number of hydrogen-bond donors (Lipinski definition) is 0. The number of rotatable bonds is 5. The van der Waals surface area contributed by atoms with Crippen LogP contribution in [0.3, 0.4) is 0 Å². The first-order valence-corrected chi connectivity index (χ1v) is 8.73. The molecule has 0 saturated heterocycles. The Morgan fingerprint density at radius 2 is 1.52 bits per heavy atom. The molecule has 0 aromatic heterocycles. The van der Waals surface area contributed by atoms with E-state index in [0.29, 0.717) is 4.83 Å².